The number of anilines is 2. The molecule has 0 atom stereocenters. The summed E-state index contributed by atoms with van der Waals surface area (Å²) in [5, 5.41) is 4.82. The molecule has 1 N–H and O–H groups in total. The van der Waals surface area contributed by atoms with Gasteiger partial charge in [0.15, 0.2) is 5.16 Å². The first-order valence-corrected chi connectivity index (χ1v) is 11.8. The third-order valence-corrected chi connectivity index (χ3v) is 6.27. The molecule has 0 radical (unpaired) electrons. The molecule has 0 saturated carbocycles. The van der Waals surface area contributed by atoms with Crippen molar-refractivity contribution >= 4 is 34.7 Å². The Kier molecular flexibility index (Phi) is 7.52. The van der Waals surface area contributed by atoms with Crippen molar-refractivity contribution in [3.05, 3.63) is 101 Å². The molecule has 4 rings (SSSR count). The van der Waals surface area contributed by atoms with Gasteiger partial charge < -0.3 is 10.2 Å². The van der Waals surface area contributed by atoms with Crippen molar-refractivity contribution in [1.29, 1.82) is 0 Å². The first-order valence-electron chi connectivity index (χ1n) is 10.4. The van der Waals surface area contributed by atoms with E-state index in [9.17, 15) is 8.78 Å². The van der Waals surface area contributed by atoms with Crippen molar-refractivity contribution in [2.45, 2.75) is 11.7 Å². The molecule has 8 heteroatoms. The van der Waals surface area contributed by atoms with Crippen LogP contribution in [0.2, 0.25) is 5.02 Å². The Labute approximate surface area is 201 Å². The molecule has 4 aromatic rings. The minimum Gasteiger partial charge on any atom is -0.384 e. The van der Waals surface area contributed by atoms with E-state index in [0.717, 1.165) is 33.7 Å². The molecule has 0 amide bonds. The van der Waals surface area contributed by atoms with Crippen molar-refractivity contribution in [1.82, 2.24) is 9.55 Å². The Morgan fingerprint density at radius 2 is 1.58 bits per heavy atom. The zero-order chi connectivity index (χ0) is 23.2. The minimum atomic E-state index is -0.258. The highest BCUT2D eigenvalue weighted by molar-refractivity contribution is 7.99. The number of nitrogens with one attached hydrogen (secondary N) is 1. The molecule has 0 fully saturated rings. The summed E-state index contributed by atoms with van der Waals surface area (Å²) in [5.74, 6) is 0.263. The fourth-order valence-corrected chi connectivity index (χ4v) is 4.37. The molecule has 0 bridgehead atoms. The van der Waals surface area contributed by atoms with Gasteiger partial charge in [-0.3, -0.25) is 4.57 Å². The van der Waals surface area contributed by atoms with E-state index < -0.39 is 0 Å². The lowest BCUT2D eigenvalue weighted by molar-refractivity contribution is 0.627. The van der Waals surface area contributed by atoms with E-state index in [0.29, 0.717) is 18.1 Å². The number of halogens is 3. The normalized spacial score (nSPS) is 10.9. The zero-order valence-electron chi connectivity index (χ0n) is 18.0. The van der Waals surface area contributed by atoms with Crippen molar-refractivity contribution in [3.8, 4) is 5.69 Å². The van der Waals surface area contributed by atoms with Crippen LogP contribution in [0.15, 0.2) is 84.1 Å². The number of hydrogen-bond donors (Lipinski definition) is 1. The van der Waals surface area contributed by atoms with Crippen LogP contribution < -0.4 is 10.2 Å². The van der Waals surface area contributed by atoms with E-state index in [2.05, 4.69) is 14.9 Å². The second-order valence-electron chi connectivity index (χ2n) is 7.46. The maximum absolute atomic E-state index is 13.3. The summed E-state index contributed by atoms with van der Waals surface area (Å²) in [6.07, 6.45) is 1.87. The lowest BCUT2D eigenvalue weighted by Gasteiger charge is -2.21. The van der Waals surface area contributed by atoms with Gasteiger partial charge >= 0.3 is 0 Å². The average Bonchev–Trinajstić information content (AvgIpc) is 3.21. The Balaban J connectivity index is 1.50. The Bertz CT molecular complexity index is 1180. The number of hydrogen-bond acceptors (Lipinski definition) is 4. The lowest BCUT2D eigenvalue weighted by atomic mass is 10.2. The summed E-state index contributed by atoms with van der Waals surface area (Å²) < 4.78 is 28.5. The fraction of sp³-hybridized carbons (Fsp3) is 0.160. The molecule has 170 valence electrons. The molecular weight excluding hydrogens is 462 g/mol. The van der Waals surface area contributed by atoms with Gasteiger partial charge in [0.25, 0.3) is 0 Å². The number of nitrogens with zero attached hydrogens (tertiary/aromatic N) is 3. The summed E-state index contributed by atoms with van der Waals surface area (Å²) in [6.45, 7) is 1.30. The Hall–Kier alpha value is -3.03. The third-order valence-electron chi connectivity index (χ3n) is 5.06. The van der Waals surface area contributed by atoms with Crippen LogP contribution in [0.5, 0.6) is 0 Å². The first kappa shape index (κ1) is 23.1. The number of aromatic nitrogens is 2. The van der Waals surface area contributed by atoms with Gasteiger partial charge in [0.1, 0.15) is 11.6 Å². The van der Waals surface area contributed by atoms with Gasteiger partial charge in [0.05, 0.1) is 18.4 Å². The van der Waals surface area contributed by atoms with Crippen LogP contribution >= 0.6 is 23.4 Å². The van der Waals surface area contributed by atoms with Gasteiger partial charge in [-0.15, -0.1) is 0 Å². The number of benzene rings is 3. The third kappa shape index (κ3) is 6.06. The molecular formula is C25H23ClF2N4S. The van der Waals surface area contributed by atoms with E-state index in [-0.39, 0.29) is 11.6 Å². The second kappa shape index (κ2) is 10.7. The molecule has 0 aliphatic rings. The molecule has 1 aromatic heterocycles. The monoisotopic (exact) mass is 484 g/mol. The van der Waals surface area contributed by atoms with E-state index in [1.54, 1.807) is 36.0 Å². The maximum atomic E-state index is 13.3. The topological polar surface area (TPSA) is 33.1 Å². The predicted octanol–water partition coefficient (Wildman–Crippen LogP) is 6.64. The van der Waals surface area contributed by atoms with Crippen molar-refractivity contribution in [3.63, 3.8) is 0 Å². The molecule has 0 spiro atoms. The number of imidazole rings is 1. The van der Waals surface area contributed by atoms with Gasteiger partial charge in [0.2, 0.25) is 0 Å². The van der Waals surface area contributed by atoms with Gasteiger partial charge in [-0.25, -0.2) is 13.8 Å². The standard InChI is InChI=1S/C25H23ClF2N4S/c1-31(22-12-6-20(28)7-13-22)17-24-16-30-25(32(24)23-10-2-18(26)3-11-23)33-15-14-29-21-8-4-19(27)5-9-21/h2-13,16,29H,14-15,17H2,1H3. The van der Waals surface area contributed by atoms with E-state index in [1.807, 2.05) is 42.4 Å². The average molecular weight is 485 g/mol. The van der Waals surface area contributed by atoms with Gasteiger partial charge in [-0.2, -0.15) is 0 Å². The smallest absolute Gasteiger partial charge is 0.172 e. The summed E-state index contributed by atoms with van der Waals surface area (Å²) in [4.78, 5) is 6.71. The van der Waals surface area contributed by atoms with Crippen LogP contribution in [-0.4, -0.2) is 28.9 Å². The second-order valence-corrected chi connectivity index (χ2v) is 8.96. The number of thioether (sulfide) groups is 1. The summed E-state index contributed by atoms with van der Waals surface area (Å²) in [6, 6.07) is 20.4. The first-order chi connectivity index (χ1) is 16.0. The quantitative estimate of drug-likeness (QED) is 0.213. The van der Waals surface area contributed by atoms with E-state index in [4.69, 9.17) is 11.6 Å². The minimum absolute atomic E-state index is 0.252. The fourth-order valence-electron chi connectivity index (χ4n) is 3.38. The molecule has 0 saturated heterocycles. The Morgan fingerprint density at radius 1 is 0.939 bits per heavy atom. The molecule has 1 heterocycles. The van der Waals surface area contributed by atoms with Crippen LogP contribution in [-0.2, 0) is 6.54 Å². The highest BCUT2D eigenvalue weighted by Gasteiger charge is 2.15. The molecule has 4 nitrogen and oxygen atoms in total. The van der Waals surface area contributed by atoms with E-state index in [1.165, 1.54) is 24.3 Å². The highest BCUT2D eigenvalue weighted by atomic mass is 35.5. The summed E-state index contributed by atoms with van der Waals surface area (Å²) in [7, 11) is 1.96. The largest absolute Gasteiger partial charge is 0.384 e. The van der Waals surface area contributed by atoms with Crippen molar-refractivity contribution < 1.29 is 8.78 Å². The highest BCUT2D eigenvalue weighted by Crippen LogP contribution is 2.26. The van der Waals surface area contributed by atoms with Crippen LogP contribution in [0.3, 0.4) is 0 Å². The van der Waals surface area contributed by atoms with Crippen molar-refractivity contribution in [2.24, 2.45) is 0 Å². The van der Waals surface area contributed by atoms with Crippen LogP contribution in [0.1, 0.15) is 5.69 Å². The maximum Gasteiger partial charge on any atom is 0.172 e. The van der Waals surface area contributed by atoms with Gasteiger partial charge in [-0.05, 0) is 72.8 Å². The molecule has 0 aliphatic heterocycles. The Morgan fingerprint density at radius 3 is 2.24 bits per heavy atom. The van der Waals surface area contributed by atoms with E-state index >= 15 is 0 Å². The molecule has 0 aliphatic carbocycles. The molecule has 33 heavy (non-hydrogen) atoms. The molecule has 3 aromatic carbocycles. The predicted molar refractivity (Wildman–Crippen MR) is 133 cm³/mol. The summed E-state index contributed by atoms with van der Waals surface area (Å²) >= 11 is 7.73. The van der Waals surface area contributed by atoms with Gasteiger partial charge in [-0.1, -0.05) is 23.4 Å². The SMILES string of the molecule is CN(Cc1cnc(SCCNc2ccc(F)cc2)n1-c1ccc(Cl)cc1)c1ccc(F)cc1. The van der Waals surface area contributed by atoms with Crippen LogP contribution in [0.4, 0.5) is 20.2 Å². The molecule has 0 unspecified atom stereocenters. The zero-order valence-corrected chi connectivity index (χ0v) is 19.6. The van der Waals surface area contributed by atoms with Gasteiger partial charge in [0, 0.05) is 41.4 Å². The number of rotatable bonds is 9. The van der Waals surface area contributed by atoms with Crippen molar-refractivity contribution in [2.75, 3.05) is 29.6 Å². The summed E-state index contributed by atoms with van der Waals surface area (Å²) in [5.41, 5.74) is 3.75. The lowest BCUT2D eigenvalue weighted by Crippen LogP contribution is -2.18. The van der Waals surface area contributed by atoms with Crippen LogP contribution in [0, 0.1) is 11.6 Å². The van der Waals surface area contributed by atoms with Crippen LogP contribution in [0.25, 0.3) is 5.69 Å².